The van der Waals surface area contributed by atoms with Crippen molar-refractivity contribution in [2.75, 3.05) is 17.9 Å². The molecule has 0 unspecified atom stereocenters. The Morgan fingerprint density at radius 3 is 2.64 bits per heavy atom. The maximum atomic E-state index is 9.97. The molecular formula is C9H12BrN3O. The summed E-state index contributed by atoms with van der Waals surface area (Å²) in [6.07, 6.45) is -8.38. The highest BCUT2D eigenvalue weighted by Gasteiger charge is 2.18. The Kier molecular flexibility index (Phi) is 1.12. The van der Waals surface area contributed by atoms with E-state index in [0.29, 0.717) is 4.47 Å². The number of hydrogen-bond donors (Lipinski definition) is 1. The second-order valence-electron chi connectivity index (χ2n) is 2.36. The molecular weight excluding hydrogens is 246 g/mol. The standard InChI is InChI=1S/C9H12BrN3O/c10-7-5-11-9(12-6-7)13-3-1-8(14)2-4-13/h5-6,8,14H,1-4H2/i1D2,2D2,3D2,4D2,8D. The first-order chi connectivity index (χ1) is 10.1. The van der Waals surface area contributed by atoms with E-state index >= 15 is 0 Å². The molecule has 4 nitrogen and oxygen atoms in total. The molecule has 2 rings (SSSR count). The lowest BCUT2D eigenvalue weighted by Crippen LogP contribution is -2.36. The van der Waals surface area contributed by atoms with Crippen LogP contribution in [0, 0.1) is 0 Å². The van der Waals surface area contributed by atoms with Gasteiger partial charge in [-0.05, 0) is 28.7 Å². The fourth-order valence-electron chi connectivity index (χ4n) is 0.798. The lowest BCUT2D eigenvalue weighted by atomic mass is 10.1. The zero-order valence-electron chi connectivity index (χ0n) is 15.8. The van der Waals surface area contributed by atoms with E-state index in [-0.39, 0.29) is 4.90 Å². The molecule has 1 aliphatic rings. The van der Waals surface area contributed by atoms with Gasteiger partial charge in [-0.2, -0.15) is 0 Å². The fourth-order valence-corrected chi connectivity index (χ4v) is 1.00. The van der Waals surface area contributed by atoms with Crippen molar-refractivity contribution in [2.24, 2.45) is 0 Å². The summed E-state index contributed by atoms with van der Waals surface area (Å²) in [5.41, 5.74) is 0. The number of hydrogen-bond acceptors (Lipinski definition) is 4. The van der Waals surface area contributed by atoms with Crippen LogP contribution in [0.2, 0.25) is 0 Å². The Morgan fingerprint density at radius 2 is 2.07 bits per heavy atom. The average molecular weight is 267 g/mol. The van der Waals surface area contributed by atoms with Crippen LogP contribution >= 0.6 is 15.9 Å². The monoisotopic (exact) mass is 266 g/mol. The van der Waals surface area contributed by atoms with Gasteiger partial charge in [-0.1, -0.05) is 0 Å². The smallest absolute Gasteiger partial charge is 0.225 e. The largest absolute Gasteiger partial charge is 0.393 e. The summed E-state index contributed by atoms with van der Waals surface area (Å²) < 4.78 is 70.5. The van der Waals surface area contributed by atoms with Gasteiger partial charge in [0.1, 0.15) is 0 Å². The molecule has 0 aromatic carbocycles. The Balaban J connectivity index is 2.77. The van der Waals surface area contributed by atoms with Crippen LogP contribution in [0.3, 0.4) is 0 Å². The van der Waals surface area contributed by atoms with E-state index in [1.54, 1.807) is 0 Å². The number of aliphatic hydroxyl groups is 1. The van der Waals surface area contributed by atoms with Crippen molar-refractivity contribution in [1.82, 2.24) is 9.97 Å². The van der Waals surface area contributed by atoms with Crippen molar-refractivity contribution in [1.29, 1.82) is 0 Å². The summed E-state index contributed by atoms with van der Waals surface area (Å²) in [6, 6.07) is 0. The SMILES string of the molecule is [2H]C1([2H])N(c2ncc(Br)cn2)C([2H])([2H])C([2H])([2H])C([2H])(O)C1([2H])[2H]. The van der Waals surface area contributed by atoms with Gasteiger partial charge in [-0.25, -0.2) is 9.97 Å². The summed E-state index contributed by atoms with van der Waals surface area (Å²) in [4.78, 5) is 7.45. The van der Waals surface area contributed by atoms with Crippen LogP contribution in [0.15, 0.2) is 16.9 Å². The van der Waals surface area contributed by atoms with Crippen LogP contribution in [0.1, 0.15) is 25.1 Å². The molecule has 2 heterocycles. The zero-order valence-corrected chi connectivity index (χ0v) is 8.41. The van der Waals surface area contributed by atoms with Gasteiger partial charge in [-0.15, -0.1) is 0 Å². The summed E-state index contributed by atoms with van der Waals surface area (Å²) in [7, 11) is 0. The molecule has 1 N–H and O–H groups in total. The van der Waals surface area contributed by atoms with Gasteiger partial charge >= 0.3 is 0 Å². The molecule has 5 heteroatoms. The molecule has 0 bridgehead atoms. The first-order valence-electron chi connectivity index (χ1n) is 8.12. The summed E-state index contributed by atoms with van der Waals surface area (Å²) in [5, 5.41) is 9.97. The van der Waals surface area contributed by atoms with Crippen molar-refractivity contribution in [3.05, 3.63) is 16.9 Å². The van der Waals surface area contributed by atoms with Gasteiger partial charge < -0.3 is 10.0 Å². The molecule has 1 fully saturated rings. The van der Waals surface area contributed by atoms with Crippen LogP contribution < -0.4 is 4.90 Å². The fraction of sp³-hybridized carbons (Fsp3) is 0.556. The minimum atomic E-state index is -3.70. The highest BCUT2D eigenvalue weighted by atomic mass is 79.9. The van der Waals surface area contributed by atoms with E-state index in [9.17, 15) is 5.11 Å². The summed E-state index contributed by atoms with van der Waals surface area (Å²) >= 11 is 3.04. The Morgan fingerprint density at radius 1 is 1.50 bits per heavy atom. The molecule has 0 aliphatic carbocycles. The van der Waals surface area contributed by atoms with Gasteiger partial charge in [0.15, 0.2) is 0 Å². The van der Waals surface area contributed by atoms with Gasteiger partial charge in [-0.3, -0.25) is 0 Å². The summed E-state index contributed by atoms with van der Waals surface area (Å²) in [5.74, 6) is -0.619. The third-order valence-corrected chi connectivity index (χ3v) is 1.79. The topological polar surface area (TPSA) is 49.2 Å². The normalized spacial score (nSPS) is 44.7. The minimum Gasteiger partial charge on any atom is -0.393 e. The van der Waals surface area contributed by atoms with Crippen molar-refractivity contribution in [2.45, 2.75) is 18.8 Å². The summed E-state index contributed by atoms with van der Waals surface area (Å²) in [6.45, 7) is -6.63. The van der Waals surface area contributed by atoms with Gasteiger partial charge in [0.25, 0.3) is 0 Å². The van der Waals surface area contributed by atoms with Crippen molar-refractivity contribution >= 4 is 21.9 Å². The van der Waals surface area contributed by atoms with Crippen LogP contribution in [-0.4, -0.2) is 34.1 Å². The third kappa shape index (κ3) is 2.22. The van der Waals surface area contributed by atoms with E-state index in [0.717, 1.165) is 12.4 Å². The second-order valence-corrected chi connectivity index (χ2v) is 3.27. The molecule has 0 radical (unpaired) electrons. The molecule has 14 heavy (non-hydrogen) atoms. The van der Waals surface area contributed by atoms with E-state index in [1.807, 2.05) is 0 Å². The van der Waals surface area contributed by atoms with Crippen molar-refractivity contribution in [3.8, 4) is 0 Å². The minimum absolute atomic E-state index is 0.0788. The number of anilines is 1. The number of rotatable bonds is 1. The highest BCUT2D eigenvalue weighted by Crippen LogP contribution is 2.16. The van der Waals surface area contributed by atoms with Crippen molar-refractivity contribution < 1.29 is 17.4 Å². The molecule has 76 valence electrons. The van der Waals surface area contributed by atoms with Gasteiger partial charge in [0.2, 0.25) is 5.95 Å². The Labute approximate surface area is 104 Å². The number of aromatic nitrogens is 2. The molecule has 0 amide bonds. The van der Waals surface area contributed by atoms with Crippen LogP contribution in [0.25, 0.3) is 0 Å². The molecule has 1 saturated heterocycles. The van der Waals surface area contributed by atoms with Crippen LogP contribution in [-0.2, 0) is 0 Å². The van der Waals surface area contributed by atoms with E-state index in [2.05, 4.69) is 25.9 Å². The predicted molar refractivity (Wildman–Crippen MR) is 57.2 cm³/mol. The molecule has 1 aromatic rings. The number of piperidine rings is 1. The van der Waals surface area contributed by atoms with Crippen molar-refractivity contribution in [3.63, 3.8) is 0 Å². The zero-order chi connectivity index (χ0) is 18.1. The maximum absolute atomic E-state index is 9.97. The Hall–Kier alpha value is -0.680. The first-order valence-corrected chi connectivity index (χ1v) is 4.42. The van der Waals surface area contributed by atoms with Gasteiger partial charge in [0, 0.05) is 36.4 Å². The van der Waals surface area contributed by atoms with E-state index in [4.69, 9.17) is 12.3 Å². The molecule has 1 aliphatic heterocycles. The predicted octanol–water partition coefficient (Wildman–Crippen LogP) is 1.20. The molecule has 0 saturated carbocycles. The Bertz CT molecular complexity index is 591. The molecule has 0 atom stereocenters. The van der Waals surface area contributed by atoms with E-state index < -0.39 is 37.8 Å². The molecule has 1 aromatic heterocycles. The number of halogens is 1. The van der Waals surface area contributed by atoms with E-state index in [1.165, 1.54) is 0 Å². The van der Waals surface area contributed by atoms with Gasteiger partial charge in [0.05, 0.1) is 11.9 Å². The van der Waals surface area contributed by atoms with Crippen LogP contribution in [0.4, 0.5) is 5.95 Å². The average Bonchev–Trinajstić information content (AvgIpc) is 2.39. The number of nitrogens with zero attached hydrogens (tertiary/aromatic N) is 3. The lowest BCUT2D eigenvalue weighted by molar-refractivity contribution is 0.145. The third-order valence-electron chi connectivity index (χ3n) is 1.38. The first kappa shape index (κ1) is 3.72. The van der Waals surface area contributed by atoms with Crippen LogP contribution in [0.5, 0.6) is 0 Å². The highest BCUT2D eigenvalue weighted by molar-refractivity contribution is 9.10. The quantitative estimate of drug-likeness (QED) is 0.830. The second kappa shape index (κ2) is 4.23. The molecule has 0 spiro atoms. The lowest BCUT2D eigenvalue weighted by Gasteiger charge is -2.29. The maximum Gasteiger partial charge on any atom is 0.225 e.